The maximum absolute atomic E-state index is 10.1. The van der Waals surface area contributed by atoms with Crippen LogP contribution in [0.1, 0.15) is 11.3 Å². The summed E-state index contributed by atoms with van der Waals surface area (Å²) in [4.78, 5) is 14.2. The van der Waals surface area contributed by atoms with Crippen molar-refractivity contribution >= 4 is 12.0 Å². The molecular formula is C11H11NO2. The van der Waals surface area contributed by atoms with Crippen molar-refractivity contribution in [2.45, 2.75) is 6.92 Å². The topological polar surface area (TPSA) is 50.2 Å². The highest BCUT2D eigenvalue weighted by atomic mass is 16.4. The van der Waals surface area contributed by atoms with Gasteiger partial charge in [0.05, 0.1) is 0 Å². The van der Waals surface area contributed by atoms with E-state index in [0.29, 0.717) is 0 Å². The second kappa shape index (κ2) is 4.97. The number of aliphatic carboxylic acids is 1. The van der Waals surface area contributed by atoms with Crippen LogP contribution in [0.5, 0.6) is 0 Å². The van der Waals surface area contributed by atoms with Gasteiger partial charge in [-0.25, -0.2) is 4.79 Å². The predicted molar refractivity (Wildman–Crippen MR) is 54.8 cm³/mol. The lowest BCUT2D eigenvalue weighted by atomic mass is 10.2. The molecule has 0 unspecified atom stereocenters. The van der Waals surface area contributed by atoms with Crippen LogP contribution in [0.25, 0.3) is 6.08 Å². The van der Waals surface area contributed by atoms with Crippen LogP contribution < -0.4 is 0 Å². The second-order valence-corrected chi connectivity index (χ2v) is 2.79. The van der Waals surface area contributed by atoms with Gasteiger partial charge in [-0.15, -0.1) is 0 Å². The first kappa shape index (κ1) is 10.2. The van der Waals surface area contributed by atoms with E-state index in [-0.39, 0.29) is 0 Å². The zero-order valence-electron chi connectivity index (χ0n) is 7.84. The normalized spacial score (nSPS) is 11.2. The number of hydrogen-bond donors (Lipinski definition) is 1. The molecule has 0 aliphatic rings. The second-order valence-electron chi connectivity index (χ2n) is 2.79. The fourth-order valence-electron chi connectivity index (χ4n) is 0.976. The van der Waals surface area contributed by atoms with E-state index in [1.165, 1.54) is 6.08 Å². The van der Waals surface area contributed by atoms with Crippen LogP contribution in [0, 0.1) is 6.92 Å². The van der Waals surface area contributed by atoms with Gasteiger partial charge in [0, 0.05) is 18.0 Å². The molecule has 1 N–H and O–H groups in total. The third-order valence-electron chi connectivity index (χ3n) is 1.56. The lowest BCUT2D eigenvalue weighted by Gasteiger charge is -1.92. The molecule has 1 aromatic heterocycles. The largest absolute Gasteiger partial charge is 0.478 e. The minimum atomic E-state index is -0.944. The summed E-state index contributed by atoms with van der Waals surface area (Å²) in [5.74, 6) is -0.944. The van der Waals surface area contributed by atoms with Crippen LogP contribution >= 0.6 is 0 Å². The summed E-state index contributed by atoms with van der Waals surface area (Å²) in [6, 6.07) is 3.78. The van der Waals surface area contributed by atoms with Crippen molar-refractivity contribution in [2.75, 3.05) is 0 Å². The number of aryl methyl sites for hydroxylation is 1. The first-order chi connectivity index (χ1) is 6.68. The van der Waals surface area contributed by atoms with Crippen molar-refractivity contribution in [3.8, 4) is 0 Å². The van der Waals surface area contributed by atoms with Crippen LogP contribution in [0.3, 0.4) is 0 Å². The Bertz CT molecular complexity index is 381. The van der Waals surface area contributed by atoms with Crippen molar-refractivity contribution in [1.29, 1.82) is 0 Å². The van der Waals surface area contributed by atoms with E-state index in [1.807, 2.05) is 25.1 Å². The molecule has 0 aliphatic carbocycles. The lowest BCUT2D eigenvalue weighted by Crippen LogP contribution is -1.84. The Morgan fingerprint density at radius 3 is 2.93 bits per heavy atom. The standard InChI is InChI=1S/C11H11NO2/c1-9-8-10(6-7-12-9)4-2-3-5-11(13)14/h2-8H,1H3,(H,13,14). The average molecular weight is 189 g/mol. The summed E-state index contributed by atoms with van der Waals surface area (Å²) in [5, 5.41) is 8.32. The van der Waals surface area contributed by atoms with Gasteiger partial charge in [-0.2, -0.15) is 0 Å². The highest BCUT2D eigenvalue weighted by Crippen LogP contribution is 2.02. The van der Waals surface area contributed by atoms with Crippen molar-refractivity contribution in [3.63, 3.8) is 0 Å². The van der Waals surface area contributed by atoms with E-state index >= 15 is 0 Å². The van der Waals surface area contributed by atoms with E-state index in [9.17, 15) is 4.79 Å². The Kier molecular flexibility index (Phi) is 3.61. The summed E-state index contributed by atoms with van der Waals surface area (Å²) in [6.07, 6.45) is 7.80. The molecule has 72 valence electrons. The van der Waals surface area contributed by atoms with E-state index in [4.69, 9.17) is 5.11 Å². The summed E-state index contributed by atoms with van der Waals surface area (Å²) >= 11 is 0. The molecule has 0 aromatic carbocycles. The van der Waals surface area contributed by atoms with Gasteiger partial charge in [0.1, 0.15) is 0 Å². The van der Waals surface area contributed by atoms with Gasteiger partial charge in [-0.1, -0.05) is 18.2 Å². The number of aromatic nitrogens is 1. The van der Waals surface area contributed by atoms with Crippen LogP contribution in [-0.2, 0) is 4.79 Å². The van der Waals surface area contributed by atoms with Gasteiger partial charge in [0.25, 0.3) is 0 Å². The van der Waals surface area contributed by atoms with Crippen LogP contribution in [0.15, 0.2) is 36.6 Å². The minimum Gasteiger partial charge on any atom is -0.478 e. The van der Waals surface area contributed by atoms with Crippen molar-refractivity contribution < 1.29 is 9.90 Å². The molecule has 0 radical (unpaired) electrons. The summed E-state index contributed by atoms with van der Waals surface area (Å²) in [7, 11) is 0. The molecule has 0 aliphatic heterocycles. The first-order valence-electron chi connectivity index (χ1n) is 4.19. The average Bonchev–Trinajstić information content (AvgIpc) is 2.12. The molecule has 0 atom stereocenters. The number of carboxylic acids is 1. The number of rotatable bonds is 3. The smallest absolute Gasteiger partial charge is 0.328 e. The number of allylic oxidation sites excluding steroid dienone is 2. The zero-order valence-corrected chi connectivity index (χ0v) is 7.84. The van der Waals surface area contributed by atoms with Gasteiger partial charge < -0.3 is 5.11 Å². The lowest BCUT2D eigenvalue weighted by molar-refractivity contribution is -0.131. The highest BCUT2D eigenvalue weighted by molar-refractivity contribution is 5.80. The number of nitrogens with zero attached hydrogens (tertiary/aromatic N) is 1. The Morgan fingerprint density at radius 1 is 1.50 bits per heavy atom. The Hall–Kier alpha value is -1.90. The molecule has 0 saturated carbocycles. The maximum atomic E-state index is 10.1. The van der Waals surface area contributed by atoms with E-state index in [0.717, 1.165) is 17.3 Å². The van der Waals surface area contributed by atoms with Gasteiger partial charge >= 0.3 is 5.97 Å². The fourth-order valence-corrected chi connectivity index (χ4v) is 0.976. The van der Waals surface area contributed by atoms with Gasteiger partial charge in [0.2, 0.25) is 0 Å². The highest BCUT2D eigenvalue weighted by Gasteiger charge is 1.87. The molecule has 0 fully saturated rings. The number of carbonyl (C=O) groups is 1. The molecule has 0 bridgehead atoms. The predicted octanol–water partition coefficient (Wildman–Crippen LogP) is 2.04. The maximum Gasteiger partial charge on any atom is 0.328 e. The van der Waals surface area contributed by atoms with Crippen molar-refractivity contribution in [3.05, 3.63) is 47.8 Å². The van der Waals surface area contributed by atoms with E-state index in [1.54, 1.807) is 12.3 Å². The number of pyridine rings is 1. The molecule has 14 heavy (non-hydrogen) atoms. The van der Waals surface area contributed by atoms with Crippen LogP contribution in [0.2, 0.25) is 0 Å². The van der Waals surface area contributed by atoms with E-state index in [2.05, 4.69) is 4.98 Å². The molecule has 0 spiro atoms. The number of carboxylic acid groups (broad SMARTS) is 1. The Morgan fingerprint density at radius 2 is 2.29 bits per heavy atom. The number of hydrogen-bond acceptors (Lipinski definition) is 2. The minimum absolute atomic E-state index is 0.939. The third-order valence-corrected chi connectivity index (χ3v) is 1.56. The summed E-state index contributed by atoms with van der Waals surface area (Å²) < 4.78 is 0. The molecule has 1 rings (SSSR count). The Balaban J connectivity index is 2.64. The van der Waals surface area contributed by atoms with E-state index < -0.39 is 5.97 Å². The summed E-state index contributed by atoms with van der Waals surface area (Å²) in [6.45, 7) is 1.91. The quantitative estimate of drug-likeness (QED) is 0.584. The first-order valence-corrected chi connectivity index (χ1v) is 4.19. The van der Waals surface area contributed by atoms with Crippen LogP contribution in [-0.4, -0.2) is 16.1 Å². The Labute approximate surface area is 82.4 Å². The zero-order chi connectivity index (χ0) is 10.4. The summed E-state index contributed by atoms with van der Waals surface area (Å²) in [5.41, 5.74) is 1.95. The molecule has 3 nitrogen and oxygen atoms in total. The van der Waals surface area contributed by atoms with Crippen molar-refractivity contribution in [1.82, 2.24) is 4.98 Å². The fraction of sp³-hybridized carbons (Fsp3) is 0.0909. The van der Waals surface area contributed by atoms with Gasteiger partial charge in [0.15, 0.2) is 0 Å². The molecular weight excluding hydrogens is 178 g/mol. The SMILES string of the molecule is Cc1cc(C=CC=CC(=O)O)ccn1. The monoisotopic (exact) mass is 189 g/mol. The van der Waals surface area contributed by atoms with Gasteiger partial charge in [-0.05, 0) is 24.6 Å². The molecule has 3 heteroatoms. The molecule has 0 amide bonds. The molecule has 0 saturated heterocycles. The molecule has 1 aromatic rings. The van der Waals surface area contributed by atoms with Crippen LogP contribution in [0.4, 0.5) is 0 Å². The van der Waals surface area contributed by atoms with Gasteiger partial charge in [-0.3, -0.25) is 4.98 Å². The third kappa shape index (κ3) is 3.67. The molecule has 1 heterocycles. The van der Waals surface area contributed by atoms with Crippen molar-refractivity contribution in [2.24, 2.45) is 0 Å².